The second-order valence-electron chi connectivity index (χ2n) is 7.12. The van der Waals surface area contributed by atoms with E-state index >= 15 is 0 Å². The highest BCUT2D eigenvalue weighted by atomic mass is 15.2. The number of nitrogens with one attached hydrogen (secondary N) is 1. The molecule has 1 N–H and O–H groups in total. The molecule has 2 saturated carbocycles. The summed E-state index contributed by atoms with van der Waals surface area (Å²) < 4.78 is 0. The molecule has 2 aliphatic carbocycles. The highest BCUT2D eigenvalue weighted by molar-refractivity contribution is 4.96. The van der Waals surface area contributed by atoms with E-state index in [1.54, 1.807) is 0 Å². The van der Waals surface area contributed by atoms with Crippen LogP contribution >= 0.6 is 0 Å². The minimum absolute atomic E-state index is 0.635. The van der Waals surface area contributed by atoms with Gasteiger partial charge in [0.2, 0.25) is 0 Å². The topological polar surface area (TPSA) is 15.3 Å². The molecule has 2 nitrogen and oxygen atoms in total. The Balaban J connectivity index is 1.79. The second kappa shape index (κ2) is 6.38. The molecule has 2 unspecified atom stereocenters. The molecule has 2 aliphatic rings. The van der Waals surface area contributed by atoms with Crippen LogP contribution in [-0.4, -0.2) is 36.1 Å². The first-order valence-corrected chi connectivity index (χ1v) is 8.07. The Morgan fingerprint density at radius 3 is 2.22 bits per heavy atom. The van der Waals surface area contributed by atoms with E-state index in [0.717, 1.165) is 23.9 Å². The molecular formula is C16H32N2. The molecule has 0 aromatic heterocycles. The second-order valence-corrected chi connectivity index (χ2v) is 7.12. The maximum Gasteiger partial charge on any atom is 0.0139 e. The van der Waals surface area contributed by atoms with E-state index in [-0.39, 0.29) is 0 Å². The molecule has 0 amide bonds. The van der Waals surface area contributed by atoms with Crippen LogP contribution in [-0.2, 0) is 0 Å². The average molecular weight is 252 g/mol. The lowest BCUT2D eigenvalue weighted by molar-refractivity contribution is 0.0503. The van der Waals surface area contributed by atoms with E-state index in [4.69, 9.17) is 0 Å². The van der Waals surface area contributed by atoms with Gasteiger partial charge in [0.1, 0.15) is 0 Å². The van der Waals surface area contributed by atoms with Gasteiger partial charge in [-0.1, -0.05) is 27.7 Å². The standard InChI is InChI=1S/C16H32N2/c1-12(2)9-10-18(15-6-7-15)16-8-5-14(16)11-17-13(3)4/h12-17H,5-11H2,1-4H3. The molecule has 2 heteroatoms. The van der Waals surface area contributed by atoms with Gasteiger partial charge < -0.3 is 5.32 Å². The highest BCUT2D eigenvalue weighted by Gasteiger charge is 2.41. The normalized spacial score (nSPS) is 28.2. The van der Waals surface area contributed by atoms with Crippen molar-refractivity contribution in [2.75, 3.05) is 13.1 Å². The molecule has 0 spiro atoms. The van der Waals surface area contributed by atoms with E-state index in [1.165, 1.54) is 45.2 Å². The Morgan fingerprint density at radius 1 is 1.06 bits per heavy atom. The Labute approximate surface area is 114 Å². The van der Waals surface area contributed by atoms with Crippen molar-refractivity contribution in [3.8, 4) is 0 Å². The Kier molecular flexibility index (Phi) is 5.08. The average Bonchev–Trinajstić information content (AvgIpc) is 3.05. The summed E-state index contributed by atoms with van der Waals surface area (Å²) in [6.45, 7) is 11.8. The monoisotopic (exact) mass is 252 g/mol. The number of hydrogen-bond acceptors (Lipinski definition) is 2. The first-order valence-electron chi connectivity index (χ1n) is 8.07. The van der Waals surface area contributed by atoms with Crippen molar-refractivity contribution < 1.29 is 0 Å². The molecule has 0 bridgehead atoms. The van der Waals surface area contributed by atoms with Crippen molar-refractivity contribution in [3.63, 3.8) is 0 Å². The smallest absolute Gasteiger partial charge is 0.0139 e. The SMILES string of the molecule is CC(C)CCN(C1CC1)C1CCC1CNC(C)C. The fraction of sp³-hybridized carbons (Fsp3) is 1.00. The molecule has 0 heterocycles. The van der Waals surface area contributed by atoms with E-state index in [1.807, 2.05) is 0 Å². The van der Waals surface area contributed by atoms with Gasteiger partial charge in [0.15, 0.2) is 0 Å². The van der Waals surface area contributed by atoms with Gasteiger partial charge in [-0.15, -0.1) is 0 Å². The first-order chi connectivity index (χ1) is 8.58. The minimum atomic E-state index is 0.635. The summed E-state index contributed by atoms with van der Waals surface area (Å²) in [6, 6.07) is 2.47. The number of rotatable bonds is 8. The van der Waals surface area contributed by atoms with Gasteiger partial charge in [-0.3, -0.25) is 4.90 Å². The molecule has 2 rings (SSSR count). The van der Waals surface area contributed by atoms with Gasteiger partial charge in [0, 0.05) is 18.1 Å². The van der Waals surface area contributed by atoms with Crippen LogP contribution in [0.25, 0.3) is 0 Å². The number of nitrogens with zero attached hydrogens (tertiary/aromatic N) is 1. The maximum atomic E-state index is 3.63. The molecule has 0 saturated heterocycles. The lowest BCUT2D eigenvalue weighted by Gasteiger charge is -2.45. The van der Waals surface area contributed by atoms with E-state index < -0.39 is 0 Å². The largest absolute Gasteiger partial charge is 0.314 e. The third kappa shape index (κ3) is 3.96. The van der Waals surface area contributed by atoms with Crippen LogP contribution in [0, 0.1) is 11.8 Å². The van der Waals surface area contributed by atoms with Crippen molar-refractivity contribution in [1.82, 2.24) is 10.2 Å². The summed E-state index contributed by atoms with van der Waals surface area (Å²) in [5.41, 5.74) is 0. The summed E-state index contributed by atoms with van der Waals surface area (Å²) in [6.07, 6.45) is 7.17. The molecule has 2 atom stereocenters. The first kappa shape index (κ1) is 14.3. The van der Waals surface area contributed by atoms with Crippen LogP contribution in [0.15, 0.2) is 0 Å². The van der Waals surface area contributed by atoms with Gasteiger partial charge in [-0.2, -0.15) is 0 Å². The molecule has 0 aromatic carbocycles. The van der Waals surface area contributed by atoms with E-state index in [0.29, 0.717) is 6.04 Å². The minimum Gasteiger partial charge on any atom is -0.314 e. The summed E-state index contributed by atoms with van der Waals surface area (Å²) in [5, 5.41) is 3.63. The quantitative estimate of drug-likeness (QED) is 0.713. The van der Waals surface area contributed by atoms with Gasteiger partial charge >= 0.3 is 0 Å². The van der Waals surface area contributed by atoms with Crippen LogP contribution < -0.4 is 5.32 Å². The molecule has 106 valence electrons. The fourth-order valence-electron chi connectivity index (χ4n) is 3.05. The summed E-state index contributed by atoms with van der Waals surface area (Å²) in [4.78, 5) is 2.86. The third-order valence-corrected chi connectivity index (χ3v) is 4.57. The molecular weight excluding hydrogens is 220 g/mol. The molecule has 0 aromatic rings. The summed E-state index contributed by atoms with van der Waals surface area (Å²) in [5.74, 6) is 1.76. The summed E-state index contributed by atoms with van der Waals surface area (Å²) in [7, 11) is 0. The zero-order valence-corrected chi connectivity index (χ0v) is 12.8. The lowest BCUT2D eigenvalue weighted by atomic mass is 9.78. The van der Waals surface area contributed by atoms with Gasteiger partial charge in [0.25, 0.3) is 0 Å². The zero-order valence-electron chi connectivity index (χ0n) is 12.8. The van der Waals surface area contributed by atoms with Crippen LogP contribution in [0.1, 0.15) is 59.8 Å². The van der Waals surface area contributed by atoms with Gasteiger partial charge in [0.05, 0.1) is 0 Å². The van der Waals surface area contributed by atoms with Crippen molar-refractivity contribution in [3.05, 3.63) is 0 Å². The van der Waals surface area contributed by atoms with Crippen LogP contribution in [0.4, 0.5) is 0 Å². The van der Waals surface area contributed by atoms with E-state index in [2.05, 4.69) is 37.9 Å². The van der Waals surface area contributed by atoms with Crippen molar-refractivity contribution in [2.24, 2.45) is 11.8 Å². The van der Waals surface area contributed by atoms with Crippen molar-refractivity contribution in [2.45, 2.75) is 77.9 Å². The lowest BCUT2D eigenvalue weighted by Crippen LogP contribution is -2.52. The Bertz CT molecular complexity index is 245. The van der Waals surface area contributed by atoms with Crippen molar-refractivity contribution in [1.29, 1.82) is 0 Å². The maximum absolute atomic E-state index is 3.63. The Hall–Kier alpha value is -0.0800. The Morgan fingerprint density at radius 2 is 1.78 bits per heavy atom. The van der Waals surface area contributed by atoms with Gasteiger partial charge in [-0.25, -0.2) is 0 Å². The van der Waals surface area contributed by atoms with Crippen LogP contribution in [0.5, 0.6) is 0 Å². The molecule has 2 fully saturated rings. The van der Waals surface area contributed by atoms with E-state index in [9.17, 15) is 0 Å². The molecule has 0 aliphatic heterocycles. The summed E-state index contributed by atoms with van der Waals surface area (Å²) >= 11 is 0. The van der Waals surface area contributed by atoms with Gasteiger partial charge in [-0.05, 0) is 57.0 Å². The zero-order chi connectivity index (χ0) is 13.1. The molecule has 0 radical (unpaired) electrons. The third-order valence-electron chi connectivity index (χ3n) is 4.57. The predicted octanol–water partition coefficient (Wildman–Crippen LogP) is 3.27. The number of hydrogen-bond donors (Lipinski definition) is 1. The van der Waals surface area contributed by atoms with Crippen molar-refractivity contribution >= 4 is 0 Å². The highest BCUT2D eigenvalue weighted by Crippen LogP contribution is 2.39. The van der Waals surface area contributed by atoms with Crippen LogP contribution in [0.3, 0.4) is 0 Å². The molecule has 18 heavy (non-hydrogen) atoms. The fourth-order valence-corrected chi connectivity index (χ4v) is 3.05. The predicted molar refractivity (Wildman–Crippen MR) is 78.8 cm³/mol. The van der Waals surface area contributed by atoms with Crippen LogP contribution in [0.2, 0.25) is 0 Å².